The van der Waals surface area contributed by atoms with Crippen LogP contribution < -0.4 is 10.3 Å². The minimum absolute atomic E-state index is 0.245. The van der Waals surface area contributed by atoms with Gasteiger partial charge in [0.2, 0.25) is 5.82 Å². The van der Waals surface area contributed by atoms with Crippen molar-refractivity contribution in [1.82, 2.24) is 9.66 Å². The fourth-order valence-electron chi connectivity index (χ4n) is 3.86. The number of halogens is 2. The molecule has 0 unspecified atom stereocenters. The molecule has 0 aliphatic rings. The first-order valence-electron chi connectivity index (χ1n) is 11.7. The van der Waals surface area contributed by atoms with E-state index >= 15 is 0 Å². The molecule has 5 aromatic rings. The maximum Gasteiger partial charge on any atom is 0.347 e. The van der Waals surface area contributed by atoms with Gasteiger partial charge < -0.3 is 13.9 Å². The number of para-hydroxylation sites is 1. The molecule has 192 valence electrons. The fourth-order valence-corrected chi connectivity index (χ4v) is 4.62. The standard InChI is InChI=1S/C28H21Br2N3O5/c1-3-36-28(35)16(2)37-24-11-9-20(30)13-18(24)15-31-33-26(32-22-7-5-4-6-21(22)27(33)34)25-14-17-12-19(29)8-10-23(17)38-25/h4-16H,3H2,1-2H3/t16-/m0/s1. The van der Waals surface area contributed by atoms with Gasteiger partial charge in [0, 0.05) is 19.9 Å². The van der Waals surface area contributed by atoms with Gasteiger partial charge in [-0.1, -0.05) is 44.0 Å². The first-order chi connectivity index (χ1) is 18.3. The van der Waals surface area contributed by atoms with Gasteiger partial charge in [-0.15, -0.1) is 0 Å². The van der Waals surface area contributed by atoms with Gasteiger partial charge in [0.1, 0.15) is 11.3 Å². The molecule has 0 amide bonds. The van der Waals surface area contributed by atoms with Crippen LogP contribution in [0, 0.1) is 0 Å². The van der Waals surface area contributed by atoms with Gasteiger partial charge in [-0.2, -0.15) is 9.78 Å². The fraction of sp³-hybridized carbons (Fsp3) is 0.143. The second kappa shape index (κ2) is 10.9. The van der Waals surface area contributed by atoms with Gasteiger partial charge in [-0.3, -0.25) is 4.79 Å². The molecule has 0 saturated heterocycles. The molecule has 0 bridgehead atoms. The number of hydrogen-bond acceptors (Lipinski definition) is 7. The topological polar surface area (TPSA) is 95.9 Å². The number of nitrogens with zero attached hydrogens (tertiary/aromatic N) is 3. The highest BCUT2D eigenvalue weighted by molar-refractivity contribution is 9.10. The van der Waals surface area contributed by atoms with Gasteiger partial charge >= 0.3 is 5.97 Å². The molecule has 3 aromatic carbocycles. The number of fused-ring (bicyclic) bond motifs is 2. The van der Waals surface area contributed by atoms with E-state index in [4.69, 9.17) is 18.9 Å². The van der Waals surface area contributed by atoms with Crippen molar-refractivity contribution >= 4 is 65.9 Å². The molecule has 2 aromatic heterocycles. The molecular formula is C28H21Br2N3O5. The minimum atomic E-state index is -0.834. The highest BCUT2D eigenvalue weighted by atomic mass is 79.9. The summed E-state index contributed by atoms with van der Waals surface area (Å²) in [6.07, 6.45) is 0.650. The van der Waals surface area contributed by atoms with E-state index in [0.29, 0.717) is 33.6 Å². The van der Waals surface area contributed by atoms with Crippen molar-refractivity contribution in [1.29, 1.82) is 0 Å². The molecule has 0 fully saturated rings. The molecule has 2 heterocycles. The van der Waals surface area contributed by atoms with Gasteiger partial charge in [-0.05, 0) is 68.4 Å². The van der Waals surface area contributed by atoms with Crippen LogP contribution in [0.2, 0.25) is 0 Å². The molecule has 0 saturated carbocycles. The second-order valence-electron chi connectivity index (χ2n) is 8.30. The first kappa shape index (κ1) is 25.9. The molecule has 0 radical (unpaired) electrons. The zero-order valence-corrected chi connectivity index (χ0v) is 23.5. The van der Waals surface area contributed by atoms with Crippen molar-refractivity contribution in [3.63, 3.8) is 0 Å². The van der Waals surface area contributed by atoms with Crippen LogP contribution in [-0.2, 0) is 9.53 Å². The third-order valence-electron chi connectivity index (χ3n) is 5.66. The number of hydrogen-bond donors (Lipinski definition) is 0. The summed E-state index contributed by atoms with van der Waals surface area (Å²) in [6, 6.07) is 19.8. The van der Waals surface area contributed by atoms with E-state index in [1.807, 2.05) is 30.3 Å². The van der Waals surface area contributed by atoms with Crippen LogP contribution in [0.25, 0.3) is 33.5 Å². The summed E-state index contributed by atoms with van der Waals surface area (Å²) < 4.78 is 19.8. The number of rotatable bonds is 7. The van der Waals surface area contributed by atoms with Crippen LogP contribution >= 0.6 is 31.9 Å². The molecule has 10 heteroatoms. The van der Waals surface area contributed by atoms with E-state index < -0.39 is 12.1 Å². The normalized spacial score (nSPS) is 12.3. The molecule has 8 nitrogen and oxygen atoms in total. The Labute approximate surface area is 234 Å². The average Bonchev–Trinajstić information content (AvgIpc) is 3.32. The van der Waals surface area contributed by atoms with Crippen molar-refractivity contribution < 1.29 is 18.7 Å². The van der Waals surface area contributed by atoms with Gasteiger partial charge in [0.25, 0.3) is 5.56 Å². The third-order valence-corrected chi connectivity index (χ3v) is 6.65. The lowest BCUT2D eigenvalue weighted by Crippen LogP contribution is -2.26. The summed E-state index contributed by atoms with van der Waals surface area (Å²) in [7, 11) is 0. The molecule has 5 rings (SSSR count). The zero-order valence-electron chi connectivity index (χ0n) is 20.4. The zero-order chi connectivity index (χ0) is 26.8. The molecule has 0 N–H and O–H groups in total. The van der Waals surface area contributed by atoms with E-state index in [1.54, 1.807) is 50.2 Å². The summed E-state index contributed by atoms with van der Waals surface area (Å²) >= 11 is 6.93. The predicted molar refractivity (Wildman–Crippen MR) is 153 cm³/mol. The number of benzene rings is 3. The number of ether oxygens (including phenoxy) is 2. The smallest absolute Gasteiger partial charge is 0.347 e. The Balaban J connectivity index is 1.63. The summed E-state index contributed by atoms with van der Waals surface area (Å²) in [5.41, 5.74) is 1.35. The average molecular weight is 639 g/mol. The van der Waals surface area contributed by atoms with Crippen LogP contribution in [0.5, 0.6) is 5.75 Å². The van der Waals surface area contributed by atoms with Crippen LogP contribution in [0.4, 0.5) is 0 Å². The van der Waals surface area contributed by atoms with Crippen molar-refractivity contribution in [2.75, 3.05) is 6.61 Å². The summed E-state index contributed by atoms with van der Waals surface area (Å²) in [5, 5.41) is 5.77. The highest BCUT2D eigenvalue weighted by Gasteiger charge is 2.19. The van der Waals surface area contributed by atoms with E-state index in [2.05, 4.69) is 37.0 Å². The summed E-state index contributed by atoms with van der Waals surface area (Å²) in [5.74, 6) is 0.552. The Kier molecular flexibility index (Phi) is 7.44. The Hall–Kier alpha value is -3.76. The largest absolute Gasteiger partial charge is 0.478 e. The third kappa shape index (κ3) is 5.27. The maximum atomic E-state index is 13.6. The van der Waals surface area contributed by atoms with Crippen LogP contribution in [-0.4, -0.2) is 34.6 Å². The van der Waals surface area contributed by atoms with Crippen LogP contribution in [0.3, 0.4) is 0 Å². The van der Waals surface area contributed by atoms with Gasteiger partial charge in [0.05, 0.1) is 23.7 Å². The summed E-state index contributed by atoms with van der Waals surface area (Å²) in [6.45, 7) is 3.59. The number of carbonyl (C=O) groups is 1. The van der Waals surface area contributed by atoms with E-state index in [0.717, 1.165) is 14.3 Å². The lowest BCUT2D eigenvalue weighted by atomic mass is 10.2. The van der Waals surface area contributed by atoms with Crippen molar-refractivity contribution in [2.45, 2.75) is 20.0 Å². The molecular weight excluding hydrogens is 618 g/mol. The van der Waals surface area contributed by atoms with Crippen molar-refractivity contribution in [2.24, 2.45) is 5.10 Å². The molecule has 0 spiro atoms. The van der Waals surface area contributed by atoms with Gasteiger partial charge in [-0.25, -0.2) is 9.78 Å². The van der Waals surface area contributed by atoms with Crippen LogP contribution in [0.1, 0.15) is 19.4 Å². The minimum Gasteiger partial charge on any atom is -0.478 e. The lowest BCUT2D eigenvalue weighted by Gasteiger charge is -2.15. The Bertz CT molecular complexity index is 1760. The van der Waals surface area contributed by atoms with E-state index in [1.165, 1.54) is 10.9 Å². The van der Waals surface area contributed by atoms with E-state index in [-0.39, 0.29) is 18.0 Å². The molecule has 0 aliphatic carbocycles. The molecule has 1 atom stereocenters. The van der Waals surface area contributed by atoms with Crippen molar-refractivity contribution in [3.05, 3.63) is 91.6 Å². The maximum absolute atomic E-state index is 13.6. The Morgan fingerprint density at radius 2 is 1.87 bits per heavy atom. The monoisotopic (exact) mass is 637 g/mol. The first-order valence-corrected chi connectivity index (χ1v) is 13.3. The van der Waals surface area contributed by atoms with Gasteiger partial charge in [0.15, 0.2) is 11.9 Å². The highest BCUT2D eigenvalue weighted by Crippen LogP contribution is 2.29. The quantitative estimate of drug-likeness (QED) is 0.148. The summed E-state index contributed by atoms with van der Waals surface area (Å²) in [4.78, 5) is 30.4. The number of furan rings is 1. The molecule has 38 heavy (non-hydrogen) atoms. The number of esters is 1. The lowest BCUT2D eigenvalue weighted by molar-refractivity contribution is -0.150. The number of aromatic nitrogens is 2. The number of carbonyl (C=O) groups excluding carboxylic acids is 1. The predicted octanol–water partition coefficient (Wildman–Crippen LogP) is 6.55. The van der Waals surface area contributed by atoms with Crippen LogP contribution in [0.15, 0.2) is 90.0 Å². The Morgan fingerprint density at radius 3 is 2.68 bits per heavy atom. The second-order valence-corrected chi connectivity index (χ2v) is 10.1. The van der Waals surface area contributed by atoms with Crippen molar-refractivity contribution in [3.8, 4) is 17.3 Å². The Morgan fingerprint density at radius 1 is 1.11 bits per heavy atom. The SMILES string of the molecule is CCOC(=O)[C@H](C)Oc1ccc(Br)cc1C=Nn1c(-c2cc3cc(Br)ccc3o2)nc2ccccc2c1=O. The molecule has 0 aliphatic heterocycles. The van der Waals surface area contributed by atoms with E-state index in [9.17, 15) is 9.59 Å².